The minimum atomic E-state index is -0.998. The van der Waals surface area contributed by atoms with Gasteiger partial charge in [-0.2, -0.15) is 0 Å². The van der Waals surface area contributed by atoms with Gasteiger partial charge >= 0.3 is 6.09 Å². The summed E-state index contributed by atoms with van der Waals surface area (Å²) < 4.78 is 16.3. The molecule has 0 bridgehead atoms. The van der Waals surface area contributed by atoms with Crippen LogP contribution in [0.4, 0.5) is 4.79 Å². The Kier molecular flexibility index (Phi) is 17.1. The average molecular weight is 594 g/mol. The second-order valence-electron chi connectivity index (χ2n) is 12.2. The molecular weight excluding hydrogens is 538 g/mol. The maximum Gasteiger partial charge on any atom is 0.407 e. The number of benzene rings is 1. The molecule has 0 fully saturated rings. The minimum absolute atomic E-state index is 0.0907. The molecule has 10 nitrogen and oxygen atoms in total. The predicted molar refractivity (Wildman–Crippen MR) is 165 cm³/mol. The zero-order chi connectivity index (χ0) is 31.7. The third-order valence-electron chi connectivity index (χ3n) is 6.95. The molecular formula is C32H55N3O7. The van der Waals surface area contributed by atoms with E-state index in [2.05, 4.69) is 22.9 Å². The molecule has 0 saturated heterocycles. The number of amides is 3. The van der Waals surface area contributed by atoms with E-state index in [9.17, 15) is 19.5 Å². The Morgan fingerprint density at radius 1 is 0.976 bits per heavy atom. The van der Waals surface area contributed by atoms with Crippen LogP contribution in [-0.2, 0) is 14.3 Å². The molecule has 4 atom stereocenters. The molecule has 10 heteroatoms. The van der Waals surface area contributed by atoms with Gasteiger partial charge in [-0.1, -0.05) is 46.2 Å². The molecule has 1 aromatic rings. The lowest BCUT2D eigenvalue weighted by molar-refractivity contribution is -0.125. The summed E-state index contributed by atoms with van der Waals surface area (Å²) >= 11 is 0. The van der Waals surface area contributed by atoms with E-state index in [1.54, 1.807) is 53.0 Å². The van der Waals surface area contributed by atoms with Gasteiger partial charge < -0.3 is 35.3 Å². The molecule has 0 radical (unpaired) electrons. The SMILES string of the molecule is CCCCNC(=O)C(C)CC(O)C(CC(CNC(=O)c1ccccc1OCCCOC)C(C)C)NC(=O)OC(C)(C)C. The summed E-state index contributed by atoms with van der Waals surface area (Å²) in [7, 11) is 1.63. The number of alkyl carbamates (subject to hydrolysis) is 1. The second kappa shape index (κ2) is 19.4. The molecule has 0 spiro atoms. The second-order valence-corrected chi connectivity index (χ2v) is 12.2. The van der Waals surface area contributed by atoms with Crippen LogP contribution >= 0.6 is 0 Å². The molecule has 240 valence electrons. The molecule has 4 unspecified atom stereocenters. The summed E-state index contributed by atoms with van der Waals surface area (Å²) in [6, 6.07) is 6.39. The van der Waals surface area contributed by atoms with E-state index in [4.69, 9.17) is 14.2 Å². The number of ether oxygens (including phenoxy) is 3. The molecule has 4 N–H and O–H groups in total. The molecule has 0 saturated carbocycles. The van der Waals surface area contributed by atoms with Gasteiger partial charge in [-0.3, -0.25) is 9.59 Å². The van der Waals surface area contributed by atoms with Crippen molar-refractivity contribution in [2.45, 2.75) is 98.3 Å². The number of aliphatic hydroxyl groups is 1. The van der Waals surface area contributed by atoms with E-state index in [0.717, 1.165) is 12.8 Å². The highest BCUT2D eigenvalue weighted by molar-refractivity contribution is 5.96. The van der Waals surface area contributed by atoms with Crippen molar-refractivity contribution in [3.8, 4) is 5.75 Å². The van der Waals surface area contributed by atoms with Gasteiger partial charge in [0.25, 0.3) is 5.91 Å². The van der Waals surface area contributed by atoms with Crippen LogP contribution in [-0.4, -0.2) is 74.2 Å². The Hall–Kier alpha value is -2.85. The van der Waals surface area contributed by atoms with Crippen LogP contribution in [0, 0.1) is 17.8 Å². The van der Waals surface area contributed by atoms with E-state index in [1.807, 2.05) is 19.9 Å². The van der Waals surface area contributed by atoms with Crippen LogP contribution < -0.4 is 20.7 Å². The first-order valence-electron chi connectivity index (χ1n) is 15.2. The number of methoxy groups -OCH3 is 1. The molecule has 1 aromatic carbocycles. The number of aliphatic hydroxyl groups excluding tert-OH is 1. The predicted octanol–water partition coefficient (Wildman–Crippen LogP) is 4.69. The number of para-hydroxylation sites is 1. The number of nitrogens with one attached hydrogen (secondary N) is 3. The van der Waals surface area contributed by atoms with Crippen molar-refractivity contribution >= 4 is 17.9 Å². The van der Waals surface area contributed by atoms with Gasteiger partial charge in [-0.05, 0) is 64.0 Å². The number of carbonyl (C=O) groups is 3. The van der Waals surface area contributed by atoms with E-state index < -0.39 is 29.8 Å². The normalized spacial score (nSPS) is 14.4. The summed E-state index contributed by atoms with van der Waals surface area (Å²) in [5, 5.41) is 20.0. The zero-order valence-electron chi connectivity index (χ0n) is 27.0. The lowest BCUT2D eigenvalue weighted by atomic mass is 9.85. The molecule has 0 aliphatic heterocycles. The third-order valence-corrected chi connectivity index (χ3v) is 6.95. The number of carbonyl (C=O) groups excluding carboxylic acids is 3. The van der Waals surface area contributed by atoms with Crippen LogP contribution in [0.5, 0.6) is 5.75 Å². The average Bonchev–Trinajstić information content (AvgIpc) is 2.91. The van der Waals surface area contributed by atoms with Crippen molar-refractivity contribution in [2.75, 3.05) is 33.4 Å². The standard InChI is InChI=1S/C32H55N3O7/c1-9-10-16-33-29(37)23(4)19-27(36)26(35-31(39)42-32(5,6)7)20-24(22(2)3)21-34-30(38)25-14-11-12-15-28(25)41-18-13-17-40-8/h11-12,14-15,22-24,26-27,36H,9-10,13,16-21H2,1-8H3,(H,33,37)(H,34,38)(H,35,39). The number of hydrogen-bond donors (Lipinski definition) is 4. The third kappa shape index (κ3) is 14.9. The Morgan fingerprint density at radius 2 is 1.67 bits per heavy atom. The highest BCUT2D eigenvalue weighted by Gasteiger charge is 2.31. The summed E-state index contributed by atoms with van der Waals surface area (Å²) in [4.78, 5) is 38.4. The van der Waals surface area contributed by atoms with Crippen LogP contribution in [0.2, 0.25) is 0 Å². The van der Waals surface area contributed by atoms with E-state index in [-0.39, 0.29) is 30.1 Å². The number of unbranched alkanes of at least 4 members (excludes halogenated alkanes) is 1. The molecule has 0 aliphatic rings. The summed E-state index contributed by atoms with van der Waals surface area (Å²) in [5.74, 6) is -0.315. The summed E-state index contributed by atoms with van der Waals surface area (Å²) in [5.41, 5.74) is -0.278. The Labute approximate surface area is 252 Å². The number of hydrogen-bond acceptors (Lipinski definition) is 7. The van der Waals surface area contributed by atoms with Crippen LogP contribution in [0.3, 0.4) is 0 Å². The van der Waals surface area contributed by atoms with Crippen LogP contribution in [0.15, 0.2) is 24.3 Å². The molecule has 0 aromatic heterocycles. The van der Waals surface area contributed by atoms with E-state index in [0.29, 0.717) is 50.5 Å². The lowest BCUT2D eigenvalue weighted by Crippen LogP contribution is -2.49. The smallest absolute Gasteiger partial charge is 0.407 e. The fourth-order valence-corrected chi connectivity index (χ4v) is 4.37. The fourth-order valence-electron chi connectivity index (χ4n) is 4.37. The number of rotatable bonds is 19. The van der Waals surface area contributed by atoms with Gasteiger partial charge in [-0.25, -0.2) is 4.79 Å². The van der Waals surface area contributed by atoms with Crippen LogP contribution in [0.25, 0.3) is 0 Å². The van der Waals surface area contributed by atoms with Crippen molar-refractivity contribution in [1.82, 2.24) is 16.0 Å². The van der Waals surface area contributed by atoms with Crippen molar-refractivity contribution in [2.24, 2.45) is 17.8 Å². The Bertz CT molecular complexity index is 948. The maximum absolute atomic E-state index is 13.2. The van der Waals surface area contributed by atoms with Gasteiger partial charge in [0.1, 0.15) is 11.4 Å². The molecule has 0 heterocycles. The van der Waals surface area contributed by atoms with Gasteiger partial charge in [0.2, 0.25) is 5.91 Å². The maximum atomic E-state index is 13.2. The Balaban J connectivity index is 2.98. The van der Waals surface area contributed by atoms with E-state index in [1.165, 1.54) is 0 Å². The molecule has 0 aliphatic carbocycles. The first-order chi connectivity index (χ1) is 19.8. The van der Waals surface area contributed by atoms with Crippen molar-refractivity contribution in [3.05, 3.63) is 29.8 Å². The molecule has 42 heavy (non-hydrogen) atoms. The first-order valence-corrected chi connectivity index (χ1v) is 15.2. The van der Waals surface area contributed by atoms with Crippen molar-refractivity contribution < 1.29 is 33.7 Å². The van der Waals surface area contributed by atoms with E-state index >= 15 is 0 Å². The first kappa shape index (κ1) is 37.2. The highest BCUT2D eigenvalue weighted by atomic mass is 16.6. The largest absolute Gasteiger partial charge is 0.493 e. The summed E-state index contributed by atoms with van der Waals surface area (Å²) in [6.45, 7) is 15.1. The van der Waals surface area contributed by atoms with Crippen molar-refractivity contribution in [1.29, 1.82) is 0 Å². The van der Waals surface area contributed by atoms with Gasteiger partial charge in [0.05, 0.1) is 24.3 Å². The quantitative estimate of drug-likeness (QED) is 0.171. The van der Waals surface area contributed by atoms with Gasteiger partial charge in [0.15, 0.2) is 0 Å². The van der Waals surface area contributed by atoms with Gasteiger partial charge in [0, 0.05) is 39.1 Å². The van der Waals surface area contributed by atoms with Crippen LogP contribution in [0.1, 0.15) is 90.9 Å². The van der Waals surface area contributed by atoms with Crippen molar-refractivity contribution in [3.63, 3.8) is 0 Å². The van der Waals surface area contributed by atoms with Gasteiger partial charge in [-0.15, -0.1) is 0 Å². The summed E-state index contributed by atoms with van der Waals surface area (Å²) in [6.07, 6.45) is 1.46. The molecule has 3 amide bonds. The minimum Gasteiger partial charge on any atom is -0.493 e. The topological polar surface area (TPSA) is 135 Å². The lowest BCUT2D eigenvalue weighted by Gasteiger charge is -2.32. The molecule has 1 rings (SSSR count). The zero-order valence-corrected chi connectivity index (χ0v) is 27.0. The fraction of sp³-hybridized carbons (Fsp3) is 0.719. The monoisotopic (exact) mass is 593 g/mol. The highest BCUT2D eigenvalue weighted by Crippen LogP contribution is 2.23. The Morgan fingerprint density at radius 3 is 2.29 bits per heavy atom.